The zero-order valence-corrected chi connectivity index (χ0v) is 17.2. The molecule has 30 heavy (non-hydrogen) atoms. The highest BCUT2D eigenvalue weighted by atomic mass is 16.3. The predicted molar refractivity (Wildman–Crippen MR) is 115 cm³/mol. The molecule has 4 aromatic rings. The number of nitrogens with zero attached hydrogens (tertiary/aromatic N) is 1. The number of hydrogen-bond donors (Lipinski definition) is 0. The molecule has 2 aliphatic rings. The van der Waals surface area contributed by atoms with Gasteiger partial charge in [-0.2, -0.15) is 0 Å². The van der Waals surface area contributed by atoms with Gasteiger partial charge in [-0.05, 0) is 29.0 Å². The van der Waals surface area contributed by atoms with Crippen molar-refractivity contribution in [2.75, 3.05) is 0 Å². The average Bonchev–Trinajstić information content (AvgIpc) is 3.25. The number of ketones is 2. The predicted octanol–water partition coefficient (Wildman–Crippen LogP) is 5.67. The molecule has 0 amide bonds. The van der Waals surface area contributed by atoms with Gasteiger partial charge in [-0.15, -0.1) is 0 Å². The molecule has 0 N–H and O–H groups in total. The molecule has 0 saturated heterocycles. The van der Waals surface area contributed by atoms with Crippen LogP contribution in [-0.2, 0) is 12.0 Å². The number of carbonyl (C=O) groups excluding carboxylic acids is 2. The maximum atomic E-state index is 13.7. The number of aryl methyl sites for hydroxylation is 1. The zero-order chi connectivity index (χ0) is 20.8. The van der Waals surface area contributed by atoms with Crippen molar-refractivity contribution in [3.05, 3.63) is 82.4 Å². The zero-order valence-electron chi connectivity index (χ0n) is 17.2. The lowest BCUT2D eigenvalue weighted by atomic mass is 9.72. The second kappa shape index (κ2) is 5.60. The molecule has 0 fully saturated rings. The molecule has 0 radical (unpaired) electrons. The number of rotatable bonds is 2. The molecule has 0 saturated carbocycles. The molecule has 2 heterocycles. The highest BCUT2D eigenvalue weighted by molar-refractivity contribution is 6.29. The maximum Gasteiger partial charge on any atom is 0.214 e. The summed E-state index contributed by atoms with van der Waals surface area (Å²) in [5.74, 6) is 0.663. The van der Waals surface area contributed by atoms with Gasteiger partial charge in [0.1, 0.15) is 5.76 Å². The van der Waals surface area contributed by atoms with E-state index in [0.717, 1.165) is 33.0 Å². The molecule has 6 rings (SSSR count). The van der Waals surface area contributed by atoms with Crippen LogP contribution in [0.1, 0.15) is 63.5 Å². The molecular weight excluding hydrogens is 374 g/mol. The van der Waals surface area contributed by atoms with Gasteiger partial charge in [-0.25, -0.2) is 0 Å². The van der Waals surface area contributed by atoms with Crippen molar-refractivity contribution in [2.24, 2.45) is 0 Å². The van der Waals surface area contributed by atoms with Gasteiger partial charge < -0.3 is 8.98 Å². The lowest BCUT2D eigenvalue weighted by Crippen LogP contribution is -2.28. The van der Waals surface area contributed by atoms with Crippen molar-refractivity contribution in [1.29, 1.82) is 0 Å². The van der Waals surface area contributed by atoms with Crippen LogP contribution in [0.5, 0.6) is 0 Å². The summed E-state index contributed by atoms with van der Waals surface area (Å²) in [6.07, 6.45) is 2.08. The minimum absolute atomic E-state index is 0.0550. The minimum Gasteiger partial charge on any atom is -0.463 e. The van der Waals surface area contributed by atoms with Gasteiger partial charge in [0.05, 0.1) is 23.2 Å². The molecule has 0 aliphatic heterocycles. The first-order valence-corrected chi connectivity index (χ1v) is 10.3. The Morgan fingerprint density at radius 2 is 1.77 bits per heavy atom. The van der Waals surface area contributed by atoms with E-state index in [1.807, 2.05) is 41.8 Å². The normalized spacial score (nSPS) is 16.2. The number of hydrogen-bond acceptors (Lipinski definition) is 3. The average molecular weight is 395 g/mol. The van der Waals surface area contributed by atoms with Crippen LogP contribution < -0.4 is 0 Å². The van der Waals surface area contributed by atoms with Gasteiger partial charge in [0.25, 0.3) is 0 Å². The van der Waals surface area contributed by atoms with Crippen LogP contribution in [0.3, 0.4) is 0 Å². The number of benzene rings is 2. The topological polar surface area (TPSA) is 52.2 Å². The fourth-order valence-corrected chi connectivity index (χ4v) is 5.30. The Morgan fingerprint density at radius 3 is 2.53 bits per heavy atom. The Hall–Kier alpha value is -3.40. The Morgan fingerprint density at radius 1 is 1.00 bits per heavy atom. The van der Waals surface area contributed by atoms with Crippen molar-refractivity contribution in [3.63, 3.8) is 0 Å². The van der Waals surface area contributed by atoms with E-state index in [2.05, 4.69) is 26.0 Å². The molecule has 4 heteroatoms. The van der Waals surface area contributed by atoms with Gasteiger partial charge in [-0.1, -0.05) is 56.3 Å². The molecule has 148 valence electrons. The van der Waals surface area contributed by atoms with E-state index in [4.69, 9.17) is 4.42 Å². The molecule has 0 unspecified atom stereocenters. The number of fused-ring (bicyclic) bond motifs is 2. The summed E-state index contributed by atoms with van der Waals surface area (Å²) in [5.41, 5.74) is 5.54. The van der Waals surface area contributed by atoms with E-state index < -0.39 is 0 Å². The summed E-state index contributed by atoms with van der Waals surface area (Å²) >= 11 is 0. The Labute approximate surface area is 174 Å². The SMILES string of the molecule is Cc1coc2c1C(=O)c1c3c-2ccc2c3c(n1Cc1ccccc1)C(=O)CC2(C)C. The van der Waals surface area contributed by atoms with E-state index in [1.54, 1.807) is 6.26 Å². The largest absolute Gasteiger partial charge is 0.463 e. The second-order valence-corrected chi connectivity index (χ2v) is 9.12. The molecule has 0 atom stereocenters. The lowest BCUT2D eigenvalue weighted by Gasteiger charge is -2.30. The Kier molecular flexibility index (Phi) is 3.26. The monoisotopic (exact) mass is 395 g/mol. The van der Waals surface area contributed by atoms with E-state index in [-0.39, 0.29) is 17.0 Å². The van der Waals surface area contributed by atoms with Crippen LogP contribution in [-0.4, -0.2) is 16.1 Å². The maximum absolute atomic E-state index is 13.7. The third-order valence-corrected chi connectivity index (χ3v) is 6.66. The fourth-order valence-electron chi connectivity index (χ4n) is 5.30. The quantitative estimate of drug-likeness (QED) is 0.387. The van der Waals surface area contributed by atoms with E-state index in [0.29, 0.717) is 35.7 Å². The minimum atomic E-state index is -0.277. The van der Waals surface area contributed by atoms with E-state index >= 15 is 0 Å². The lowest BCUT2D eigenvalue weighted by molar-refractivity contribution is 0.0946. The molecule has 2 aliphatic carbocycles. The van der Waals surface area contributed by atoms with Gasteiger partial charge >= 0.3 is 0 Å². The number of aromatic nitrogens is 1. The van der Waals surface area contributed by atoms with Crippen LogP contribution in [0.4, 0.5) is 0 Å². The molecule has 0 spiro atoms. The van der Waals surface area contributed by atoms with Crippen LogP contribution in [0.25, 0.3) is 22.1 Å². The third kappa shape index (κ3) is 2.06. The Balaban J connectivity index is 1.78. The molecule has 2 aromatic heterocycles. The molecule has 2 aromatic carbocycles. The van der Waals surface area contributed by atoms with Crippen LogP contribution >= 0.6 is 0 Å². The van der Waals surface area contributed by atoms with Crippen molar-refractivity contribution < 1.29 is 14.0 Å². The first kappa shape index (κ1) is 17.5. The standard InChI is InChI=1S/C26H21NO3/c1-14-13-30-25-16-9-10-17-21-20(16)23(24(29)19(14)25)27(12-15-7-5-4-6-8-15)22(21)18(28)11-26(17,2)3/h4-10,13H,11-12H2,1-3H3. The highest BCUT2D eigenvalue weighted by Crippen LogP contribution is 2.50. The van der Waals surface area contributed by atoms with Crippen LogP contribution in [0, 0.1) is 6.92 Å². The number of carbonyl (C=O) groups is 2. The smallest absolute Gasteiger partial charge is 0.214 e. The first-order chi connectivity index (χ1) is 14.4. The highest BCUT2D eigenvalue weighted by Gasteiger charge is 2.42. The van der Waals surface area contributed by atoms with Crippen molar-refractivity contribution in [1.82, 2.24) is 4.57 Å². The van der Waals surface area contributed by atoms with Crippen molar-refractivity contribution in [2.45, 2.75) is 39.2 Å². The second-order valence-electron chi connectivity index (χ2n) is 9.12. The summed E-state index contributed by atoms with van der Waals surface area (Å²) in [6.45, 7) is 6.59. The van der Waals surface area contributed by atoms with Gasteiger partial charge in [-0.3, -0.25) is 9.59 Å². The summed E-state index contributed by atoms with van der Waals surface area (Å²) in [7, 11) is 0. The van der Waals surface area contributed by atoms with Gasteiger partial charge in [0.15, 0.2) is 5.78 Å². The van der Waals surface area contributed by atoms with Crippen molar-refractivity contribution >= 4 is 22.3 Å². The van der Waals surface area contributed by atoms with Crippen LogP contribution in [0.2, 0.25) is 0 Å². The number of furan rings is 1. The third-order valence-electron chi connectivity index (χ3n) is 6.66. The van der Waals surface area contributed by atoms with E-state index in [9.17, 15) is 9.59 Å². The molecule has 0 bridgehead atoms. The first-order valence-electron chi connectivity index (χ1n) is 10.3. The summed E-state index contributed by atoms with van der Waals surface area (Å²) in [4.78, 5) is 27.1. The van der Waals surface area contributed by atoms with Gasteiger partial charge in [0, 0.05) is 29.3 Å². The summed E-state index contributed by atoms with van der Waals surface area (Å²) in [5, 5.41) is 1.79. The van der Waals surface area contributed by atoms with E-state index in [1.165, 1.54) is 0 Å². The molecular formula is C26H21NO3. The summed E-state index contributed by atoms with van der Waals surface area (Å²) in [6, 6.07) is 14.2. The van der Waals surface area contributed by atoms with Gasteiger partial charge in [0.2, 0.25) is 5.78 Å². The molecule has 4 nitrogen and oxygen atoms in total. The van der Waals surface area contributed by atoms with Crippen molar-refractivity contribution in [3.8, 4) is 11.3 Å². The fraction of sp³-hybridized carbons (Fsp3) is 0.231. The number of Topliss-reactive ketones (excluding diaryl/α,β-unsaturated/α-hetero) is 1. The summed E-state index contributed by atoms with van der Waals surface area (Å²) < 4.78 is 7.79. The van der Waals surface area contributed by atoms with Crippen LogP contribution in [0.15, 0.2) is 53.1 Å². The Bertz CT molecular complexity index is 1400.